The monoisotopic (exact) mass is 357 g/mol. The van der Waals surface area contributed by atoms with Crippen molar-refractivity contribution in [3.05, 3.63) is 70.7 Å². The van der Waals surface area contributed by atoms with Crippen molar-refractivity contribution in [2.75, 3.05) is 6.54 Å². The first-order valence-corrected chi connectivity index (χ1v) is 9.24. The van der Waals surface area contributed by atoms with Gasteiger partial charge in [0.2, 0.25) is 5.91 Å². The third-order valence-corrected chi connectivity index (χ3v) is 5.35. The van der Waals surface area contributed by atoms with E-state index >= 15 is 0 Å². The lowest BCUT2D eigenvalue weighted by atomic mass is 9.78. The zero-order valence-corrected chi connectivity index (χ0v) is 15.0. The summed E-state index contributed by atoms with van der Waals surface area (Å²) in [6.45, 7) is 0.267. The number of rotatable bonds is 6. The molecule has 0 bridgehead atoms. The zero-order chi connectivity index (χ0) is 17.7. The fraction of sp³-hybridized carbons (Fsp3) is 0.381. The van der Waals surface area contributed by atoms with Crippen LogP contribution in [0.25, 0.3) is 0 Å². The molecule has 2 aromatic carbocycles. The van der Waals surface area contributed by atoms with Crippen molar-refractivity contribution < 1.29 is 9.90 Å². The number of nitrogens with one attached hydrogen (secondary N) is 1. The highest BCUT2D eigenvalue weighted by atomic mass is 35.5. The topological polar surface area (TPSA) is 49.3 Å². The lowest BCUT2D eigenvalue weighted by Crippen LogP contribution is -2.45. The molecule has 3 nitrogen and oxygen atoms in total. The molecular weight excluding hydrogens is 334 g/mol. The highest BCUT2D eigenvalue weighted by molar-refractivity contribution is 6.30. The summed E-state index contributed by atoms with van der Waals surface area (Å²) in [5.41, 5.74) is 1.60. The number of hydrogen-bond acceptors (Lipinski definition) is 2. The maximum atomic E-state index is 13.0. The van der Waals surface area contributed by atoms with Crippen LogP contribution in [0.5, 0.6) is 0 Å². The number of aliphatic hydroxyl groups is 1. The van der Waals surface area contributed by atoms with Crippen LogP contribution in [0.4, 0.5) is 0 Å². The molecule has 0 heterocycles. The van der Waals surface area contributed by atoms with Crippen LogP contribution in [0.15, 0.2) is 54.6 Å². The van der Waals surface area contributed by atoms with E-state index in [2.05, 4.69) is 5.32 Å². The van der Waals surface area contributed by atoms with Crippen molar-refractivity contribution >= 4 is 17.5 Å². The Morgan fingerprint density at radius 1 is 1.08 bits per heavy atom. The average Bonchev–Trinajstić information content (AvgIpc) is 3.12. The van der Waals surface area contributed by atoms with E-state index in [0.29, 0.717) is 11.4 Å². The molecule has 4 heteroatoms. The van der Waals surface area contributed by atoms with Crippen LogP contribution in [0, 0.1) is 0 Å². The Bertz CT molecular complexity index is 694. The van der Waals surface area contributed by atoms with Crippen molar-refractivity contribution in [1.82, 2.24) is 5.32 Å². The molecule has 1 fully saturated rings. The second kappa shape index (κ2) is 8.03. The Morgan fingerprint density at radius 2 is 1.72 bits per heavy atom. The molecule has 1 aliphatic rings. The Hall–Kier alpha value is -1.84. The number of amides is 1. The van der Waals surface area contributed by atoms with E-state index in [1.165, 1.54) is 0 Å². The van der Waals surface area contributed by atoms with Crippen LogP contribution in [-0.2, 0) is 16.6 Å². The zero-order valence-electron chi connectivity index (χ0n) is 14.2. The highest BCUT2D eigenvalue weighted by Crippen LogP contribution is 2.41. The predicted octanol–water partition coefficient (Wildman–Crippen LogP) is 3.87. The number of carbonyl (C=O) groups excluding carboxylic acids is 1. The van der Waals surface area contributed by atoms with Crippen molar-refractivity contribution in [1.29, 1.82) is 0 Å². The van der Waals surface area contributed by atoms with Gasteiger partial charge in [-0.1, -0.05) is 66.9 Å². The van der Waals surface area contributed by atoms with E-state index in [4.69, 9.17) is 11.6 Å². The second-order valence-corrected chi connectivity index (χ2v) is 7.29. The maximum absolute atomic E-state index is 13.0. The highest BCUT2D eigenvalue weighted by Gasteiger charge is 2.42. The first kappa shape index (κ1) is 18.0. The smallest absolute Gasteiger partial charge is 0.230 e. The number of benzene rings is 2. The molecule has 1 atom stereocenters. The fourth-order valence-corrected chi connectivity index (χ4v) is 3.86. The predicted molar refractivity (Wildman–Crippen MR) is 101 cm³/mol. The first-order chi connectivity index (χ1) is 12.1. The van der Waals surface area contributed by atoms with E-state index in [9.17, 15) is 9.90 Å². The van der Waals surface area contributed by atoms with E-state index in [1.54, 1.807) is 0 Å². The number of halogens is 1. The summed E-state index contributed by atoms with van der Waals surface area (Å²) in [5, 5.41) is 13.9. The molecule has 0 aromatic heterocycles. The van der Waals surface area contributed by atoms with E-state index < -0.39 is 11.5 Å². The van der Waals surface area contributed by atoms with Gasteiger partial charge in [0.05, 0.1) is 11.5 Å². The molecule has 1 amide bonds. The average molecular weight is 358 g/mol. The third-order valence-electron chi connectivity index (χ3n) is 5.10. The van der Waals surface area contributed by atoms with Gasteiger partial charge in [-0.05, 0) is 36.1 Å². The molecule has 0 aliphatic heterocycles. The van der Waals surface area contributed by atoms with Crippen LogP contribution in [0.1, 0.15) is 36.8 Å². The lowest BCUT2D eigenvalue weighted by Gasteiger charge is -2.29. The quantitative estimate of drug-likeness (QED) is 0.824. The van der Waals surface area contributed by atoms with Crippen molar-refractivity contribution in [3.63, 3.8) is 0 Å². The molecule has 3 rings (SSSR count). The lowest BCUT2D eigenvalue weighted by molar-refractivity contribution is -0.127. The molecule has 0 spiro atoms. The molecule has 2 aromatic rings. The molecule has 2 N–H and O–H groups in total. The van der Waals surface area contributed by atoms with Gasteiger partial charge in [-0.25, -0.2) is 0 Å². The summed E-state index contributed by atoms with van der Waals surface area (Å²) in [6.07, 6.45) is 3.72. The van der Waals surface area contributed by atoms with Gasteiger partial charge in [-0.15, -0.1) is 0 Å². The van der Waals surface area contributed by atoms with Crippen LogP contribution < -0.4 is 5.32 Å². The summed E-state index contributed by atoms with van der Waals surface area (Å²) in [5.74, 6) is 0.0134. The van der Waals surface area contributed by atoms with Crippen LogP contribution in [-0.4, -0.2) is 23.7 Å². The number of carbonyl (C=O) groups is 1. The molecular formula is C21H24ClNO2. The van der Waals surface area contributed by atoms with Crippen LogP contribution >= 0.6 is 11.6 Å². The summed E-state index contributed by atoms with van der Waals surface area (Å²) in [4.78, 5) is 13.0. The van der Waals surface area contributed by atoms with Crippen LogP contribution in [0.2, 0.25) is 5.02 Å². The first-order valence-electron chi connectivity index (χ1n) is 8.86. The summed E-state index contributed by atoms with van der Waals surface area (Å²) < 4.78 is 0. The van der Waals surface area contributed by atoms with Gasteiger partial charge in [0.15, 0.2) is 0 Å². The second-order valence-electron chi connectivity index (χ2n) is 6.85. The van der Waals surface area contributed by atoms with Gasteiger partial charge in [-0.2, -0.15) is 0 Å². The van der Waals surface area contributed by atoms with Crippen LogP contribution in [0.3, 0.4) is 0 Å². The molecule has 132 valence electrons. The Balaban J connectivity index is 1.64. The normalized spacial score (nSPS) is 17.2. The largest absolute Gasteiger partial charge is 0.391 e. The van der Waals surface area contributed by atoms with E-state index in [0.717, 1.165) is 36.8 Å². The fourth-order valence-electron chi connectivity index (χ4n) is 3.73. The van der Waals surface area contributed by atoms with Gasteiger partial charge in [0.25, 0.3) is 0 Å². The molecule has 0 saturated heterocycles. The van der Waals surface area contributed by atoms with Gasteiger partial charge in [-0.3, -0.25) is 4.79 Å². The van der Waals surface area contributed by atoms with Gasteiger partial charge >= 0.3 is 0 Å². The molecule has 25 heavy (non-hydrogen) atoms. The van der Waals surface area contributed by atoms with Gasteiger partial charge in [0.1, 0.15) is 0 Å². The summed E-state index contributed by atoms with van der Waals surface area (Å²) in [6, 6.07) is 17.4. The SMILES string of the molecule is O=C(NCC(O)Cc1ccccc1)C1(c2ccc(Cl)cc2)CCCC1. The number of aliphatic hydroxyl groups excluding tert-OH is 1. The summed E-state index contributed by atoms with van der Waals surface area (Å²) in [7, 11) is 0. The Labute approximate surface area is 154 Å². The minimum absolute atomic E-state index is 0.0134. The maximum Gasteiger partial charge on any atom is 0.230 e. The van der Waals surface area contributed by atoms with E-state index in [1.807, 2.05) is 54.6 Å². The van der Waals surface area contributed by atoms with E-state index in [-0.39, 0.29) is 12.5 Å². The van der Waals surface area contributed by atoms with Gasteiger partial charge in [0, 0.05) is 18.0 Å². The van der Waals surface area contributed by atoms with Crippen molar-refractivity contribution in [2.45, 2.75) is 43.6 Å². The summed E-state index contributed by atoms with van der Waals surface area (Å²) >= 11 is 5.99. The Kier molecular flexibility index (Phi) is 5.77. The van der Waals surface area contributed by atoms with Crippen molar-refractivity contribution in [3.8, 4) is 0 Å². The molecule has 1 saturated carbocycles. The Morgan fingerprint density at radius 3 is 2.36 bits per heavy atom. The molecule has 0 radical (unpaired) electrons. The standard InChI is InChI=1S/C21H24ClNO2/c22-18-10-8-17(9-11-18)21(12-4-5-13-21)20(25)23-15-19(24)14-16-6-2-1-3-7-16/h1-3,6-11,19,24H,4-5,12-15H2,(H,23,25). The minimum atomic E-state index is -0.588. The number of hydrogen-bond donors (Lipinski definition) is 2. The third kappa shape index (κ3) is 4.23. The van der Waals surface area contributed by atoms with Gasteiger partial charge < -0.3 is 10.4 Å². The molecule has 1 unspecified atom stereocenters. The minimum Gasteiger partial charge on any atom is -0.391 e. The molecule has 1 aliphatic carbocycles. The van der Waals surface area contributed by atoms with Crippen molar-refractivity contribution in [2.24, 2.45) is 0 Å².